The van der Waals surface area contributed by atoms with E-state index in [-0.39, 0.29) is 23.2 Å². The average molecular weight is 393 g/mol. The van der Waals surface area contributed by atoms with Crippen LogP contribution in [-0.2, 0) is 14.3 Å². The number of hydrogen-bond donors (Lipinski definition) is 0. The summed E-state index contributed by atoms with van der Waals surface area (Å²) in [5, 5.41) is 0. The van der Waals surface area contributed by atoms with Gasteiger partial charge in [-0.05, 0) is 0 Å². The van der Waals surface area contributed by atoms with Crippen LogP contribution in [0.2, 0.25) is 0 Å². The van der Waals surface area contributed by atoms with Crippen molar-refractivity contribution in [3.05, 3.63) is 0 Å². The second kappa shape index (κ2) is 3.87. The summed E-state index contributed by atoms with van der Waals surface area (Å²) in [6.45, 7) is 4.17. The molecule has 1 aliphatic rings. The van der Waals surface area contributed by atoms with Gasteiger partial charge in [-0.3, -0.25) is 9.59 Å². The smallest absolute Gasteiger partial charge is 0.293 e. The molecule has 0 radical (unpaired) electrons. The Kier molecular flexibility index (Phi) is 3.49. The zero-order chi connectivity index (χ0) is 11.1. The summed E-state index contributed by atoms with van der Waals surface area (Å²) >= 11 is 9.46. The average Bonchev–Trinajstić information content (AvgIpc) is 2.51. The number of Topliss-reactive ketones (excluding diaryl/α,β-unsaturated/α-hetero) is 1. The third kappa shape index (κ3) is 2.22. The highest BCUT2D eigenvalue weighted by molar-refractivity contribution is 9.40. The predicted molar refractivity (Wildman–Crippen MR) is 62.7 cm³/mol. The lowest BCUT2D eigenvalue weighted by molar-refractivity contribution is -0.131. The lowest BCUT2D eigenvalue weighted by Crippen LogP contribution is -2.22. The quantitative estimate of drug-likeness (QED) is 0.547. The van der Waals surface area contributed by atoms with Crippen molar-refractivity contribution in [1.29, 1.82) is 0 Å². The Morgan fingerprint density at radius 1 is 1.43 bits per heavy atom. The number of carbonyl (C=O) groups excluding carboxylic acids is 2. The lowest BCUT2D eigenvalue weighted by atomic mass is 10.1. The van der Waals surface area contributed by atoms with Crippen molar-refractivity contribution in [3.63, 3.8) is 0 Å². The van der Waals surface area contributed by atoms with E-state index in [1.54, 1.807) is 0 Å². The van der Waals surface area contributed by atoms with Crippen molar-refractivity contribution < 1.29 is 14.3 Å². The minimum absolute atomic E-state index is 0.0747. The molecule has 3 nitrogen and oxygen atoms in total. The van der Waals surface area contributed by atoms with E-state index >= 15 is 0 Å². The SMILES string of the molecule is CC1(C)C(OC=O)C1C(=O)C(Br)(Br)Br. The van der Waals surface area contributed by atoms with Crippen molar-refractivity contribution in [2.45, 2.75) is 22.1 Å². The zero-order valence-corrected chi connectivity index (χ0v) is 12.3. The van der Waals surface area contributed by atoms with Gasteiger partial charge >= 0.3 is 0 Å². The van der Waals surface area contributed by atoms with Crippen molar-refractivity contribution >= 4 is 60.0 Å². The molecule has 0 amide bonds. The van der Waals surface area contributed by atoms with Gasteiger partial charge in [0.25, 0.3) is 6.47 Å². The van der Waals surface area contributed by atoms with Crippen LogP contribution in [0.4, 0.5) is 0 Å². The largest absolute Gasteiger partial charge is 0.463 e. The summed E-state index contributed by atoms with van der Waals surface area (Å²) in [6, 6.07) is 0. The van der Waals surface area contributed by atoms with E-state index in [2.05, 4.69) is 47.8 Å². The van der Waals surface area contributed by atoms with E-state index in [0.717, 1.165) is 0 Å². The minimum Gasteiger partial charge on any atom is -0.463 e. The molecule has 0 aromatic rings. The van der Waals surface area contributed by atoms with Crippen LogP contribution >= 0.6 is 47.8 Å². The molecular weight excluding hydrogens is 384 g/mol. The van der Waals surface area contributed by atoms with Crippen LogP contribution in [-0.4, -0.2) is 20.5 Å². The fraction of sp³-hybridized carbons (Fsp3) is 0.750. The highest BCUT2D eigenvalue weighted by Gasteiger charge is 2.66. The van der Waals surface area contributed by atoms with E-state index in [9.17, 15) is 9.59 Å². The summed E-state index contributed by atoms with van der Waals surface area (Å²) in [7, 11) is 0. The van der Waals surface area contributed by atoms with Gasteiger partial charge in [-0.15, -0.1) is 0 Å². The summed E-state index contributed by atoms with van der Waals surface area (Å²) < 4.78 is 3.91. The summed E-state index contributed by atoms with van der Waals surface area (Å²) in [6.07, 6.45) is -0.320. The Hall–Kier alpha value is 0.580. The Morgan fingerprint density at radius 2 is 1.93 bits per heavy atom. The van der Waals surface area contributed by atoms with Gasteiger partial charge in [-0.25, -0.2) is 0 Å². The van der Waals surface area contributed by atoms with Crippen LogP contribution in [0.3, 0.4) is 0 Å². The second-order valence-electron chi connectivity index (χ2n) is 3.81. The molecule has 1 fully saturated rings. The van der Waals surface area contributed by atoms with Crippen LogP contribution in [0.5, 0.6) is 0 Å². The molecule has 0 heterocycles. The number of halogens is 3. The third-order valence-corrected chi connectivity index (χ3v) is 3.66. The molecule has 0 spiro atoms. The molecule has 1 rings (SSSR count). The van der Waals surface area contributed by atoms with Crippen molar-refractivity contribution in [1.82, 2.24) is 0 Å². The topological polar surface area (TPSA) is 43.4 Å². The van der Waals surface area contributed by atoms with Crippen molar-refractivity contribution in [3.8, 4) is 0 Å². The van der Waals surface area contributed by atoms with Crippen LogP contribution < -0.4 is 0 Å². The molecule has 6 heteroatoms. The van der Waals surface area contributed by atoms with Gasteiger partial charge in [-0.2, -0.15) is 0 Å². The van der Waals surface area contributed by atoms with Crippen LogP contribution in [0.25, 0.3) is 0 Å². The monoisotopic (exact) mass is 390 g/mol. The summed E-state index contributed by atoms with van der Waals surface area (Å²) in [5.41, 5.74) is -0.279. The third-order valence-electron chi connectivity index (χ3n) is 2.49. The molecule has 80 valence electrons. The number of rotatable bonds is 3. The lowest BCUT2D eigenvalue weighted by Gasteiger charge is -2.10. The fourth-order valence-corrected chi connectivity index (χ4v) is 2.30. The van der Waals surface area contributed by atoms with Gasteiger partial charge in [0.05, 0.1) is 5.92 Å². The summed E-state index contributed by atoms with van der Waals surface area (Å²) in [4.78, 5) is 22.0. The minimum atomic E-state index is -0.921. The number of ketones is 1. The first-order chi connectivity index (χ1) is 6.23. The van der Waals surface area contributed by atoms with E-state index in [4.69, 9.17) is 4.74 Å². The molecule has 0 saturated heterocycles. The molecule has 0 aromatic heterocycles. The standard InChI is InChI=1S/C8H9Br3O3/c1-7(2)4(6(7)14-3-12)5(13)8(9,10)11/h3-4,6H,1-2H3. The molecule has 14 heavy (non-hydrogen) atoms. The maximum Gasteiger partial charge on any atom is 0.293 e. The predicted octanol–water partition coefficient (Wildman–Crippen LogP) is 2.59. The van der Waals surface area contributed by atoms with Gasteiger partial charge in [0.15, 0.2) is 7.93 Å². The number of ether oxygens (including phenoxy) is 1. The maximum atomic E-state index is 11.8. The molecule has 0 aromatic carbocycles. The zero-order valence-electron chi connectivity index (χ0n) is 7.59. The van der Waals surface area contributed by atoms with Gasteiger partial charge < -0.3 is 4.74 Å². The summed E-state index contributed by atoms with van der Waals surface area (Å²) in [5.74, 6) is -0.347. The Balaban J connectivity index is 2.74. The van der Waals surface area contributed by atoms with Crippen molar-refractivity contribution in [2.75, 3.05) is 0 Å². The first-order valence-corrected chi connectivity index (χ1v) is 6.31. The van der Waals surface area contributed by atoms with Gasteiger partial charge in [0.2, 0.25) is 0 Å². The first-order valence-electron chi connectivity index (χ1n) is 3.93. The molecule has 1 aliphatic carbocycles. The Bertz CT molecular complexity index is 269. The normalized spacial score (nSPS) is 29.5. The van der Waals surface area contributed by atoms with E-state index in [1.165, 1.54) is 0 Å². The van der Waals surface area contributed by atoms with Crippen molar-refractivity contribution in [2.24, 2.45) is 11.3 Å². The molecule has 2 unspecified atom stereocenters. The van der Waals surface area contributed by atoms with Gasteiger partial charge in [0, 0.05) is 5.41 Å². The Morgan fingerprint density at radius 3 is 2.29 bits per heavy atom. The molecule has 2 atom stereocenters. The van der Waals surface area contributed by atoms with Crippen LogP contribution in [0, 0.1) is 11.3 Å². The number of carbonyl (C=O) groups is 2. The molecule has 0 bridgehead atoms. The van der Waals surface area contributed by atoms with E-state index < -0.39 is 2.14 Å². The number of alkyl halides is 3. The number of hydrogen-bond acceptors (Lipinski definition) is 3. The molecule has 0 aliphatic heterocycles. The van der Waals surface area contributed by atoms with E-state index in [0.29, 0.717) is 6.47 Å². The maximum absolute atomic E-state index is 11.8. The fourth-order valence-electron chi connectivity index (χ4n) is 1.56. The molecule has 1 saturated carbocycles. The van der Waals surface area contributed by atoms with Crippen LogP contribution in [0.1, 0.15) is 13.8 Å². The van der Waals surface area contributed by atoms with Crippen LogP contribution in [0.15, 0.2) is 0 Å². The highest BCUT2D eigenvalue weighted by atomic mass is 80.0. The second-order valence-corrected chi connectivity index (χ2v) is 10.6. The highest BCUT2D eigenvalue weighted by Crippen LogP contribution is 2.58. The first kappa shape index (κ1) is 12.6. The van der Waals surface area contributed by atoms with E-state index in [1.807, 2.05) is 13.8 Å². The van der Waals surface area contributed by atoms with Gasteiger partial charge in [-0.1, -0.05) is 61.6 Å². The molecule has 0 N–H and O–H groups in total. The Labute approximate surface area is 107 Å². The molecular formula is C8H9Br3O3. The van der Waals surface area contributed by atoms with Gasteiger partial charge in [0.1, 0.15) is 6.10 Å².